The third-order valence-corrected chi connectivity index (χ3v) is 3.58. The van der Waals surface area contributed by atoms with Crippen molar-refractivity contribution in [2.24, 2.45) is 0 Å². The third-order valence-electron chi connectivity index (χ3n) is 3.58. The van der Waals surface area contributed by atoms with Gasteiger partial charge in [0.2, 0.25) is 0 Å². The summed E-state index contributed by atoms with van der Waals surface area (Å²) in [5.41, 5.74) is 3.76. The van der Waals surface area contributed by atoms with Crippen molar-refractivity contribution in [3.8, 4) is 0 Å². The minimum Gasteiger partial charge on any atom is -0.355 e. The Morgan fingerprint density at radius 2 is 1.90 bits per heavy atom. The van der Waals surface area contributed by atoms with Crippen LogP contribution in [0.1, 0.15) is 30.2 Å². The maximum Gasteiger partial charge on any atom is 0.128 e. The summed E-state index contributed by atoms with van der Waals surface area (Å²) in [7, 11) is 2.10. The first-order valence-electron chi connectivity index (χ1n) is 7.63. The van der Waals surface area contributed by atoms with E-state index in [1.807, 2.05) is 0 Å². The Balaban J connectivity index is 2.03. The molecule has 0 aliphatic rings. The van der Waals surface area contributed by atoms with Crippen LogP contribution >= 0.6 is 0 Å². The highest BCUT2D eigenvalue weighted by Crippen LogP contribution is 2.15. The zero-order valence-electron chi connectivity index (χ0n) is 13.3. The molecule has 3 heteroatoms. The lowest BCUT2D eigenvalue weighted by molar-refractivity contribution is 0.663. The Morgan fingerprint density at radius 3 is 2.67 bits per heavy atom. The fraction of sp³-hybridized carbons (Fsp3) is 0.389. The number of anilines is 1. The number of aromatic nitrogens is 1. The highest BCUT2D eigenvalue weighted by molar-refractivity contribution is 5.40. The zero-order valence-corrected chi connectivity index (χ0v) is 13.3. The monoisotopic (exact) mass is 283 g/mol. The largest absolute Gasteiger partial charge is 0.355 e. The predicted molar refractivity (Wildman–Crippen MR) is 89.5 cm³/mol. The number of benzene rings is 1. The fourth-order valence-corrected chi connectivity index (χ4v) is 2.30. The van der Waals surface area contributed by atoms with Gasteiger partial charge in [-0.1, -0.05) is 37.3 Å². The van der Waals surface area contributed by atoms with Crippen molar-refractivity contribution in [3.05, 3.63) is 59.3 Å². The van der Waals surface area contributed by atoms with E-state index in [9.17, 15) is 0 Å². The van der Waals surface area contributed by atoms with E-state index >= 15 is 0 Å². The van der Waals surface area contributed by atoms with Gasteiger partial charge >= 0.3 is 0 Å². The normalized spacial score (nSPS) is 10.6. The second kappa shape index (κ2) is 7.79. The first-order valence-corrected chi connectivity index (χ1v) is 7.63. The lowest BCUT2D eigenvalue weighted by atomic mass is 10.1. The van der Waals surface area contributed by atoms with Crippen LogP contribution in [0.3, 0.4) is 0 Å². The van der Waals surface area contributed by atoms with Gasteiger partial charge in [0, 0.05) is 20.1 Å². The summed E-state index contributed by atoms with van der Waals surface area (Å²) in [5, 5.41) is 3.40. The number of hydrogen-bond acceptors (Lipinski definition) is 3. The molecule has 0 unspecified atom stereocenters. The lowest BCUT2D eigenvalue weighted by Crippen LogP contribution is -2.20. The second-order valence-corrected chi connectivity index (χ2v) is 5.45. The molecule has 0 fully saturated rings. The summed E-state index contributed by atoms with van der Waals surface area (Å²) in [6.07, 6.45) is 1.15. The van der Waals surface area contributed by atoms with Crippen LogP contribution in [0.2, 0.25) is 0 Å². The third kappa shape index (κ3) is 4.57. The van der Waals surface area contributed by atoms with Gasteiger partial charge in [-0.3, -0.25) is 0 Å². The van der Waals surface area contributed by atoms with Crippen LogP contribution in [0.5, 0.6) is 0 Å². The number of nitrogens with one attached hydrogen (secondary N) is 1. The van der Waals surface area contributed by atoms with E-state index in [0.29, 0.717) is 0 Å². The molecule has 21 heavy (non-hydrogen) atoms. The van der Waals surface area contributed by atoms with Gasteiger partial charge in [0.25, 0.3) is 0 Å². The summed E-state index contributed by atoms with van der Waals surface area (Å²) in [4.78, 5) is 6.93. The maximum atomic E-state index is 4.73. The van der Waals surface area contributed by atoms with E-state index in [1.54, 1.807) is 0 Å². The molecule has 1 heterocycles. The molecular formula is C18H25N3. The summed E-state index contributed by atoms with van der Waals surface area (Å²) < 4.78 is 0. The van der Waals surface area contributed by atoms with Crippen LogP contribution in [0, 0.1) is 6.92 Å². The molecule has 3 nitrogen and oxygen atoms in total. The van der Waals surface area contributed by atoms with Crippen molar-refractivity contribution < 1.29 is 0 Å². The second-order valence-electron chi connectivity index (χ2n) is 5.45. The van der Waals surface area contributed by atoms with Crippen LogP contribution in [0.25, 0.3) is 0 Å². The Morgan fingerprint density at radius 1 is 1.10 bits per heavy atom. The Hall–Kier alpha value is -1.87. The molecule has 0 spiro atoms. The average molecular weight is 283 g/mol. The molecule has 112 valence electrons. The molecule has 0 saturated carbocycles. The maximum absolute atomic E-state index is 4.73. The highest BCUT2D eigenvalue weighted by atomic mass is 15.2. The molecule has 0 aliphatic heterocycles. The molecule has 0 saturated heterocycles. The molecule has 1 N–H and O–H groups in total. The van der Waals surface area contributed by atoms with Gasteiger partial charge in [-0.25, -0.2) is 4.98 Å². The van der Waals surface area contributed by atoms with Crippen molar-refractivity contribution in [2.45, 2.75) is 33.4 Å². The topological polar surface area (TPSA) is 28.2 Å². The van der Waals surface area contributed by atoms with E-state index < -0.39 is 0 Å². The predicted octanol–water partition coefficient (Wildman–Crippen LogP) is 3.53. The first kappa shape index (κ1) is 15.5. The Labute approximate surface area is 128 Å². The van der Waals surface area contributed by atoms with Crippen LogP contribution in [0.15, 0.2) is 42.5 Å². The number of nitrogens with zero attached hydrogens (tertiary/aromatic N) is 2. The van der Waals surface area contributed by atoms with Gasteiger partial charge in [0.05, 0.1) is 5.69 Å². The summed E-state index contributed by atoms with van der Waals surface area (Å²) in [5.74, 6) is 1.02. The summed E-state index contributed by atoms with van der Waals surface area (Å²) >= 11 is 0. The van der Waals surface area contributed by atoms with Crippen molar-refractivity contribution in [1.29, 1.82) is 0 Å². The van der Waals surface area contributed by atoms with E-state index in [4.69, 9.17) is 4.98 Å². The molecule has 0 bridgehead atoms. The number of aryl methyl sites for hydroxylation is 1. The zero-order chi connectivity index (χ0) is 15.1. The molecule has 0 aliphatic carbocycles. The van der Waals surface area contributed by atoms with Crippen molar-refractivity contribution >= 4 is 5.82 Å². The first-order chi connectivity index (χ1) is 10.2. The molecule has 2 aromatic rings. The van der Waals surface area contributed by atoms with Gasteiger partial charge in [0.1, 0.15) is 5.82 Å². The van der Waals surface area contributed by atoms with Crippen LogP contribution in [-0.4, -0.2) is 18.6 Å². The molecule has 0 atom stereocenters. The molecule has 2 rings (SSSR count). The van der Waals surface area contributed by atoms with Gasteiger partial charge in [-0.2, -0.15) is 0 Å². The molecule has 1 aromatic heterocycles. The van der Waals surface area contributed by atoms with E-state index in [0.717, 1.165) is 37.6 Å². The standard InChI is InChI=1S/C18H25N3/c1-4-12-19-13-17-10-7-11-18(20-17)21(3)14-16-9-6-5-8-15(16)2/h5-11,19H,4,12-14H2,1-3H3. The number of pyridine rings is 1. The van der Waals surface area contributed by atoms with E-state index in [2.05, 4.69) is 73.6 Å². The molecular weight excluding hydrogens is 258 g/mol. The van der Waals surface area contributed by atoms with Gasteiger partial charge in [-0.05, 0) is 43.1 Å². The smallest absolute Gasteiger partial charge is 0.128 e. The quantitative estimate of drug-likeness (QED) is 0.788. The van der Waals surface area contributed by atoms with Crippen LogP contribution < -0.4 is 10.2 Å². The van der Waals surface area contributed by atoms with Crippen molar-refractivity contribution in [3.63, 3.8) is 0 Å². The highest BCUT2D eigenvalue weighted by Gasteiger charge is 2.06. The van der Waals surface area contributed by atoms with Crippen molar-refractivity contribution in [2.75, 3.05) is 18.5 Å². The molecule has 0 radical (unpaired) electrons. The SMILES string of the molecule is CCCNCc1cccc(N(C)Cc2ccccc2C)n1. The lowest BCUT2D eigenvalue weighted by Gasteiger charge is -2.20. The summed E-state index contributed by atoms with van der Waals surface area (Å²) in [6, 6.07) is 14.7. The molecule has 0 amide bonds. The van der Waals surface area contributed by atoms with Gasteiger partial charge in [0.15, 0.2) is 0 Å². The minimum atomic E-state index is 0.833. The number of hydrogen-bond donors (Lipinski definition) is 1. The van der Waals surface area contributed by atoms with Gasteiger partial charge < -0.3 is 10.2 Å². The van der Waals surface area contributed by atoms with Crippen LogP contribution in [-0.2, 0) is 13.1 Å². The number of rotatable bonds is 7. The Kier molecular flexibility index (Phi) is 5.76. The average Bonchev–Trinajstić information content (AvgIpc) is 2.50. The Bertz CT molecular complexity index is 566. The minimum absolute atomic E-state index is 0.833. The van der Waals surface area contributed by atoms with Crippen molar-refractivity contribution in [1.82, 2.24) is 10.3 Å². The summed E-state index contributed by atoms with van der Waals surface area (Å²) in [6.45, 7) is 7.07. The van der Waals surface area contributed by atoms with Crippen LogP contribution in [0.4, 0.5) is 5.82 Å². The van der Waals surface area contributed by atoms with E-state index in [-0.39, 0.29) is 0 Å². The fourth-order valence-electron chi connectivity index (χ4n) is 2.30. The van der Waals surface area contributed by atoms with Gasteiger partial charge in [-0.15, -0.1) is 0 Å². The van der Waals surface area contributed by atoms with E-state index in [1.165, 1.54) is 11.1 Å². The molecule has 1 aromatic carbocycles.